The van der Waals surface area contributed by atoms with Gasteiger partial charge in [-0.3, -0.25) is 4.79 Å². The summed E-state index contributed by atoms with van der Waals surface area (Å²) in [7, 11) is 0. The molecule has 1 fully saturated rings. The molecular formula is C19H23Cl2NaO6. The maximum atomic E-state index is 12.9. The quantitative estimate of drug-likeness (QED) is 0.391. The summed E-state index contributed by atoms with van der Waals surface area (Å²) in [5, 5.41) is 30.5. The van der Waals surface area contributed by atoms with Crippen LogP contribution < -0.4 is 39.4 Å². The third kappa shape index (κ3) is 7.82. The summed E-state index contributed by atoms with van der Waals surface area (Å²) in [5.41, 5.74) is 0.280. The Bertz CT molecular complexity index is 679. The maximum Gasteiger partial charge on any atom is 1.00 e. The zero-order chi connectivity index (χ0) is 20.0. The van der Waals surface area contributed by atoms with E-state index in [1.54, 1.807) is 0 Å². The molecule has 0 radical (unpaired) electrons. The first-order chi connectivity index (χ1) is 12.8. The van der Waals surface area contributed by atoms with Crippen LogP contribution in [0.1, 0.15) is 55.3 Å². The van der Waals surface area contributed by atoms with E-state index in [4.69, 9.17) is 27.9 Å². The molecule has 1 saturated carbocycles. The van der Waals surface area contributed by atoms with Gasteiger partial charge in [0.25, 0.3) is 0 Å². The number of carbonyl (C=O) groups excluding carboxylic acids is 2. The topological polar surface area (TPSA) is 107 Å². The van der Waals surface area contributed by atoms with Crippen LogP contribution in [0.4, 0.5) is 0 Å². The van der Waals surface area contributed by atoms with Gasteiger partial charge in [-0.25, -0.2) is 0 Å². The zero-order valence-electron chi connectivity index (χ0n) is 15.8. The van der Waals surface area contributed by atoms with Gasteiger partial charge in [0.05, 0.1) is 22.8 Å². The van der Waals surface area contributed by atoms with E-state index < -0.39 is 24.6 Å². The first kappa shape index (κ1) is 25.7. The average molecular weight is 441 g/mol. The molecule has 0 spiro atoms. The Morgan fingerprint density at radius 2 is 1.79 bits per heavy atom. The molecule has 6 nitrogen and oxygen atoms in total. The van der Waals surface area contributed by atoms with Crippen molar-refractivity contribution in [1.29, 1.82) is 0 Å². The smallest absolute Gasteiger partial charge is 0.550 e. The van der Waals surface area contributed by atoms with Crippen LogP contribution in [0.2, 0.25) is 10.0 Å². The Morgan fingerprint density at radius 1 is 1.14 bits per heavy atom. The van der Waals surface area contributed by atoms with E-state index in [0.717, 1.165) is 32.1 Å². The number of benzene rings is 1. The molecule has 0 saturated heterocycles. The molecule has 1 aliphatic carbocycles. The van der Waals surface area contributed by atoms with Crippen molar-refractivity contribution in [3.05, 3.63) is 27.7 Å². The second-order valence-electron chi connectivity index (χ2n) is 6.89. The van der Waals surface area contributed by atoms with Crippen LogP contribution in [0.25, 0.3) is 0 Å². The number of carbonyl (C=O) groups is 2. The predicted octanol–water partition coefficient (Wildman–Crippen LogP) is -0.609. The number of carboxylic acid groups (broad SMARTS) is 1. The van der Waals surface area contributed by atoms with E-state index in [2.05, 4.69) is 0 Å². The molecular weight excluding hydrogens is 418 g/mol. The van der Waals surface area contributed by atoms with Gasteiger partial charge in [-0.1, -0.05) is 42.5 Å². The van der Waals surface area contributed by atoms with Crippen LogP contribution in [-0.4, -0.2) is 40.8 Å². The summed E-state index contributed by atoms with van der Waals surface area (Å²) in [5.74, 6) is -1.45. The summed E-state index contributed by atoms with van der Waals surface area (Å²) >= 11 is 12.2. The molecule has 0 aliphatic heterocycles. The SMILES string of the molecule is O=C([O-])C[C@H](O)CC(O)COc1c(Cl)cc(Cl)cc1C(=O)C1CCCCC1.[Na+]. The van der Waals surface area contributed by atoms with Gasteiger partial charge in [-0.15, -0.1) is 0 Å². The standard InChI is InChI=1S/C19H24Cl2O6.Na/c20-12-6-15(18(26)11-4-2-1-3-5-11)19(16(21)7-12)27-10-14(23)8-13(22)9-17(24)25;/h6-7,11,13-14,22-23H,1-5,8-10H2,(H,24,25);/q;+1/p-1/t13-,14?;/m1./s1. The van der Waals surface area contributed by atoms with E-state index in [-0.39, 0.29) is 70.6 Å². The molecule has 0 amide bonds. The van der Waals surface area contributed by atoms with Crippen LogP contribution in [0.15, 0.2) is 12.1 Å². The van der Waals surface area contributed by atoms with Crippen molar-refractivity contribution in [2.75, 3.05) is 6.61 Å². The van der Waals surface area contributed by atoms with Crippen molar-refractivity contribution in [2.24, 2.45) is 5.92 Å². The van der Waals surface area contributed by atoms with Gasteiger partial charge in [0.1, 0.15) is 12.4 Å². The molecule has 0 heterocycles. The van der Waals surface area contributed by atoms with Gasteiger partial charge in [0.15, 0.2) is 5.78 Å². The number of ketones is 1. The molecule has 28 heavy (non-hydrogen) atoms. The number of hydrogen-bond acceptors (Lipinski definition) is 6. The molecule has 150 valence electrons. The van der Waals surface area contributed by atoms with E-state index in [9.17, 15) is 24.9 Å². The van der Waals surface area contributed by atoms with Crippen LogP contribution in [0.5, 0.6) is 5.75 Å². The number of hydrogen-bond donors (Lipinski definition) is 2. The van der Waals surface area contributed by atoms with Crippen LogP contribution >= 0.6 is 23.2 Å². The number of aliphatic hydroxyl groups excluding tert-OH is 2. The van der Waals surface area contributed by atoms with Crippen molar-refractivity contribution >= 4 is 35.0 Å². The van der Waals surface area contributed by atoms with Crippen molar-refractivity contribution in [3.63, 3.8) is 0 Å². The number of carboxylic acids is 1. The van der Waals surface area contributed by atoms with E-state index in [0.29, 0.717) is 5.02 Å². The molecule has 1 unspecified atom stereocenters. The van der Waals surface area contributed by atoms with Gasteiger partial charge in [0.2, 0.25) is 0 Å². The average Bonchev–Trinajstić information content (AvgIpc) is 2.59. The molecule has 0 aromatic heterocycles. The zero-order valence-corrected chi connectivity index (χ0v) is 19.3. The fourth-order valence-electron chi connectivity index (χ4n) is 3.31. The van der Waals surface area contributed by atoms with Crippen LogP contribution in [0, 0.1) is 5.92 Å². The summed E-state index contributed by atoms with van der Waals surface area (Å²) in [6.45, 7) is -0.254. The monoisotopic (exact) mass is 440 g/mol. The normalized spacial score (nSPS) is 16.7. The fourth-order valence-corrected chi connectivity index (χ4v) is 3.86. The van der Waals surface area contributed by atoms with Gasteiger partial charge in [0, 0.05) is 29.8 Å². The molecule has 0 bridgehead atoms. The Hall–Kier alpha value is -0.340. The molecule has 2 rings (SSSR count). The van der Waals surface area contributed by atoms with E-state index in [1.807, 2.05) is 0 Å². The second kappa shape index (κ2) is 12.4. The fraction of sp³-hybridized carbons (Fsp3) is 0.579. The second-order valence-corrected chi connectivity index (χ2v) is 7.74. The molecule has 1 aliphatic rings. The minimum Gasteiger partial charge on any atom is -0.550 e. The van der Waals surface area contributed by atoms with Gasteiger partial charge in [-0.2, -0.15) is 0 Å². The van der Waals surface area contributed by atoms with E-state index >= 15 is 0 Å². The summed E-state index contributed by atoms with van der Waals surface area (Å²) in [6.07, 6.45) is 1.55. The van der Waals surface area contributed by atoms with Crippen molar-refractivity contribution in [1.82, 2.24) is 0 Å². The molecule has 9 heteroatoms. The minimum absolute atomic E-state index is 0. The first-order valence-electron chi connectivity index (χ1n) is 9.00. The Morgan fingerprint density at radius 3 is 2.39 bits per heavy atom. The third-order valence-corrected chi connectivity index (χ3v) is 5.12. The number of aliphatic hydroxyl groups is 2. The summed E-state index contributed by atoms with van der Waals surface area (Å²) in [6, 6.07) is 2.96. The van der Waals surface area contributed by atoms with Gasteiger partial charge in [-0.05, 0) is 25.0 Å². The number of ether oxygens (including phenoxy) is 1. The van der Waals surface area contributed by atoms with Crippen LogP contribution in [-0.2, 0) is 4.79 Å². The van der Waals surface area contributed by atoms with Crippen LogP contribution in [0.3, 0.4) is 0 Å². The van der Waals surface area contributed by atoms with E-state index in [1.165, 1.54) is 12.1 Å². The minimum atomic E-state index is -1.41. The number of rotatable bonds is 9. The number of halogens is 2. The van der Waals surface area contributed by atoms with Crippen molar-refractivity contribution in [2.45, 2.75) is 57.2 Å². The molecule has 1 aromatic carbocycles. The molecule has 2 atom stereocenters. The van der Waals surface area contributed by atoms with Crippen molar-refractivity contribution in [3.8, 4) is 5.75 Å². The summed E-state index contributed by atoms with van der Waals surface area (Å²) in [4.78, 5) is 23.4. The first-order valence-corrected chi connectivity index (χ1v) is 9.75. The molecule has 1 aromatic rings. The number of aliphatic carboxylic acids is 1. The Kier molecular flexibility index (Phi) is 11.4. The van der Waals surface area contributed by atoms with Gasteiger partial charge >= 0.3 is 29.6 Å². The third-order valence-electron chi connectivity index (χ3n) is 4.62. The largest absolute Gasteiger partial charge is 1.00 e. The Labute approximate surface area is 196 Å². The summed E-state index contributed by atoms with van der Waals surface area (Å²) < 4.78 is 5.57. The predicted molar refractivity (Wildman–Crippen MR) is 99.1 cm³/mol. The molecule has 2 N–H and O–H groups in total. The maximum absolute atomic E-state index is 12.9. The Balaban J connectivity index is 0.00000392. The van der Waals surface area contributed by atoms with Crippen molar-refractivity contribution < 1.29 is 59.2 Å². The van der Waals surface area contributed by atoms with Gasteiger partial charge < -0.3 is 24.9 Å². The number of Topliss-reactive ketones (excluding diaryl/α,β-unsaturated/α-hetero) is 1.